The Kier molecular flexibility index (Phi) is 6.73. The van der Waals surface area contributed by atoms with Crippen molar-refractivity contribution in [3.8, 4) is 0 Å². The molecular weight excluding hydrogens is 386 g/mol. The van der Waals surface area contributed by atoms with Gasteiger partial charge in [0.15, 0.2) is 5.04 Å². The molecule has 0 unspecified atom stereocenters. The highest BCUT2D eigenvalue weighted by molar-refractivity contribution is 8.33. The van der Waals surface area contributed by atoms with E-state index in [2.05, 4.69) is 9.44 Å². The zero-order chi connectivity index (χ0) is 18.4. The SMILES string of the molecule is CS(=O)(=O)O/N=C(\SC(=S)N1CCCCC1)c1cccc([N+](=O)[O-])c1. The lowest BCUT2D eigenvalue weighted by molar-refractivity contribution is -0.384. The number of nitro groups is 1. The third kappa shape index (κ3) is 6.25. The Balaban J connectivity index is 2.28. The van der Waals surface area contributed by atoms with Gasteiger partial charge in [-0.05, 0) is 31.0 Å². The van der Waals surface area contributed by atoms with E-state index in [9.17, 15) is 18.5 Å². The highest BCUT2D eigenvalue weighted by Crippen LogP contribution is 2.24. The van der Waals surface area contributed by atoms with Crippen molar-refractivity contribution in [2.45, 2.75) is 19.3 Å². The Morgan fingerprint density at radius 3 is 2.64 bits per heavy atom. The van der Waals surface area contributed by atoms with Gasteiger partial charge in [0.2, 0.25) is 0 Å². The van der Waals surface area contributed by atoms with E-state index in [1.165, 1.54) is 18.2 Å². The second-order valence-electron chi connectivity index (χ2n) is 5.40. The van der Waals surface area contributed by atoms with Gasteiger partial charge in [0.1, 0.15) is 4.32 Å². The van der Waals surface area contributed by atoms with Crippen LogP contribution < -0.4 is 0 Å². The molecule has 1 aliphatic heterocycles. The van der Waals surface area contributed by atoms with Gasteiger partial charge in [-0.1, -0.05) is 29.5 Å². The van der Waals surface area contributed by atoms with Crippen LogP contribution in [0, 0.1) is 10.1 Å². The molecule has 0 aromatic heterocycles. The van der Waals surface area contributed by atoms with Crippen LogP contribution in [0.3, 0.4) is 0 Å². The molecule has 1 aliphatic rings. The van der Waals surface area contributed by atoms with Gasteiger partial charge < -0.3 is 4.90 Å². The molecule has 1 fully saturated rings. The molecule has 0 bridgehead atoms. The van der Waals surface area contributed by atoms with E-state index in [-0.39, 0.29) is 10.7 Å². The number of nitrogens with zero attached hydrogens (tertiary/aromatic N) is 3. The number of hydrogen-bond acceptors (Lipinski definition) is 8. The Morgan fingerprint density at radius 2 is 2.04 bits per heavy atom. The molecule has 11 heteroatoms. The van der Waals surface area contributed by atoms with E-state index in [1.807, 2.05) is 4.90 Å². The lowest BCUT2D eigenvalue weighted by Gasteiger charge is -2.28. The lowest BCUT2D eigenvalue weighted by Crippen LogP contribution is -2.33. The molecule has 0 aliphatic carbocycles. The monoisotopic (exact) mass is 403 g/mol. The van der Waals surface area contributed by atoms with Crippen molar-refractivity contribution in [1.82, 2.24) is 4.90 Å². The fourth-order valence-corrected chi connectivity index (χ4v) is 3.68. The second kappa shape index (κ2) is 8.59. The van der Waals surface area contributed by atoms with Crippen LogP contribution in [-0.4, -0.2) is 47.0 Å². The first-order valence-corrected chi connectivity index (χ1v) is 10.5. The van der Waals surface area contributed by atoms with Gasteiger partial charge in [-0.2, -0.15) is 8.42 Å². The Morgan fingerprint density at radius 1 is 1.36 bits per heavy atom. The van der Waals surface area contributed by atoms with E-state index in [0.29, 0.717) is 9.88 Å². The fraction of sp³-hybridized carbons (Fsp3) is 0.429. The number of oxime groups is 1. The number of nitro benzene ring substituents is 1. The highest BCUT2D eigenvalue weighted by atomic mass is 32.2. The molecule has 0 amide bonds. The number of thiocarbonyl (C=S) groups is 1. The van der Waals surface area contributed by atoms with E-state index in [4.69, 9.17) is 12.2 Å². The number of likely N-dealkylation sites (tertiary alicyclic amines) is 1. The van der Waals surface area contributed by atoms with Gasteiger partial charge in [-0.3, -0.25) is 14.4 Å². The summed E-state index contributed by atoms with van der Waals surface area (Å²) in [6.45, 7) is 1.64. The van der Waals surface area contributed by atoms with Crippen molar-refractivity contribution >= 4 is 49.1 Å². The third-order valence-electron chi connectivity index (χ3n) is 3.36. The number of piperidine rings is 1. The molecule has 1 aromatic carbocycles. The molecule has 8 nitrogen and oxygen atoms in total. The minimum absolute atomic E-state index is 0.131. The van der Waals surface area contributed by atoms with Gasteiger partial charge in [-0.15, -0.1) is 0 Å². The van der Waals surface area contributed by atoms with Gasteiger partial charge >= 0.3 is 10.1 Å². The Bertz CT molecular complexity index is 789. The largest absolute Gasteiger partial charge is 0.357 e. The average molecular weight is 404 g/mol. The lowest BCUT2D eigenvalue weighted by atomic mass is 10.1. The molecule has 0 saturated carbocycles. The zero-order valence-corrected chi connectivity index (χ0v) is 15.9. The second-order valence-corrected chi connectivity index (χ2v) is 8.58. The van der Waals surface area contributed by atoms with Gasteiger partial charge in [0, 0.05) is 30.8 Å². The van der Waals surface area contributed by atoms with Crippen LogP contribution in [0.2, 0.25) is 0 Å². The third-order valence-corrected chi connectivity index (χ3v) is 5.15. The summed E-state index contributed by atoms with van der Waals surface area (Å²) in [5.41, 5.74) is 0.233. The average Bonchev–Trinajstić information content (AvgIpc) is 2.58. The summed E-state index contributed by atoms with van der Waals surface area (Å²) in [7, 11) is -3.81. The fourth-order valence-electron chi connectivity index (χ4n) is 2.21. The topological polar surface area (TPSA) is 102 Å². The predicted molar refractivity (Wildman–Crippen MR) is 101 cm³/mol. The quantitative estimate of drug-likeness (QED) is 0.249. The van der Waals surface area contributed by atoms with Gasteiger partial charge in [-0.25, -0.2) is 0 Å². The minimum Gasteiger partial charge on any atom is -0.357 e. The maximum Gasteiger partial charge on any atom is 0.325 e. The van der Waals surface area contributed by atoms with E-state index >= 15 is 0 Å². The van der Waals surface area contributed by atoms with Crippen molar-refractivity contribution in [3.63, 3.8) is 0 Å². The van der Waals surface area contributed by atoms with Crippen molar-refractivity contribution in [1.29, 1.82) is 0 Å². The molecule has 25 heavy (non-hydrogen) atoms. The molecule has 1 aromatic rings. The molecule has 0 radical (unpaired) electrons. The van der Waals surface area contributed by atoms with Crippen LogP contribution in [0.15, 0.2) is 29.4 Å². The summed E-state index contributed by atoms with van der Waals surface area (Å²) in [5, 5.41) is 14.8. The van der Waals surface area contributed by atoms with E-state index in [1.54, 1.807) is 6.07 Å². The standard InChI is InChI=1S/C14H17N3O5S3/c1-25(20,21)22-15-13(11-6-5-7-12(10-11)17(18)19)24-14(23)16-8-3-2-4-9-16/h5-7,10H,2-4,8-9H2,1H3/b15-13-. The summed E-state index contributed by atoms with van der Waals surface area (Å²) in [6.07, 6.45) is 4.08. The zero-order valence-electron chi connectivity index (χ0n) is 13.5. The normalized spacial score (nSPS) is 15.7. The molecule has 2 rings (SSSR count). The van der Waals surface area contributed by atoms with Crippen LogP contribution in [0.5, 0.6) is 0 Å². The minimum atomic E-state index is -3.81. The molecule has 136 valence electrons. The first-order chi connectivity index (χ1) is 11.8. The first-order valence-electron chi connectivity index (χ1n) is 7.44. The number of thioether (sulfide) groups is 1. The van der Waals surface area contributed by atoms with Crippen molar-refractivity contribution in [2.24, 2.45) is 5.16 Å². The summed E-state index contributed by atoms with van der Waals surface area (Å²) in [6, 6.07) is 5.72. The van der Waals surface area contributed by atoms with Crippen molar-refractivity contribution < 1.29 is 17.6 Å². The molecule has 1 heterocycles. The Hall–Kier alpha value is -1.72. The maximum absolute atomic E-state index is 11.2. The van der Waals surface area contributed by atoms with E-state index < -0.39 is 15.0 Å². The molecule has 0 spiro atoms. The first kappa shape index (κ1) is 19.6. The molecular formula is C14H17N3O5S3. The number of non-ortho nitro benzene ring substituents is 1. The van der Waals surface area contributed by atoms with Crippen LogP contribution in [0.1, 0.15) is 24.8 Å². The molecule has 0 atom stereocenters. The smallest absolute Gasteiger partial charge is 0.325 e. The van der Waals surface area contributed by atoms with Crippen molar-refractivity contribution in [3.05, 3.63) is 39.9 Å². The summed E-state index contributed by atoms with van der Waals surface area (Å²) >= 11 is 6.47. The summed E-state index contributed by atoms with van der Waals surface area (Å²) in [5.74, 6) is 0. The van der Waals surface area contributed by atoms with Crippen LogP contribution in [0.4, 0.5) is 5.69 Å². The van der Waals surface area contributed by atoms with Gasteiger partial charge in [0.05, 0.1) is 11.2 Å². The Labute approximate surface area is 155 Å². The van der Waals surface area contributed by atoms with Crippen molar-refractivity contribution in [2.75, 3.05) is 19.3 Å². The predicted octanol–water partition coefficient (Wildman–Crippen LogP) is 2.74. The summed E-state index contributed by atoms with van der Waals surface area (Å²) < 4.78 is 27.5. The van der Waals surface area contributed by atoms with E-state index in [0.717, 1.165) is 50.4 Å². The van der Waals surface area contributed by atoms with Gasteiger partial charge in [0.25, 0.3) is 5.69 Å². The number of benzene rings is 1. The summed E-state index contributed by atoms with van der Waals surface area (Å²) in [4.78, 5) is 12.4. The van der Waals surface area contributed by atoms with Crippen LogP contribution in [0.25, 0.3) is 0 Å². The van der Waals surface area contributed by atoms with Crippen LogP contribution in [-0.2, 0) is 14.4 Å². The molecule has 0 N–H and O–H groups in total. The number of hydrogen-bond donors (Lipinski definition) is 0. The highest BCUT2D eigenvalue weighted by Gasteiger charge is 2.19. The van der Waals surface area contributed by atoms with Crippen LogP contribution >= 0.6 is 24.0 Å². The number of rotatable bonds is 4. The maximum atomic E-state index is 11.2. The molecule has 1 saturated heterocycles.